The molecule has 2 aliphatic rings. The molecule has 3 rings (SSSR count). The number of rotatable bonds is 5. The molecule has 2 N–H and O–H groups in total. The maximum atomic E-state index is 12.7. The van der Waals surface area contributed by atoms with E-state index in [1.165, 1.54) is 4.90 Å². The molecule has 1 aromatic carbocycles. The average Bonchev–Trinajstić information content (AvgIpc) is 3.21. The van der Waals surface area contributed by atoms with E-state index in [4.69, 9.17) is 10.5 Å². The second kappa shape index (κ2) is 7.23. The quantitative estimate of drug-likeness (QED) is 0.839. The number of carbonyl (C=O) groups excluding carboxylic acids is 3. The molecule has 2 aliphatic heterocycles. The van der Waals surface area contributed by atoms with Gasteiger partial charge in [-0.05, 0) is 24.1 Å². The molecule has 2 heterocycles. The summed E-state index contributed by atoms with van der Waals surface area (Å²) in [5.74, 6) is -0.558. The fraction of sp³-hybridized carbons (Fsp3) is 0.500. The summed E-state index contributed by atoms with van der Waals surface area (Å²) in [6.07, 6.45) is 1.84. The Bertz CT molecular complexity index is 691. The number of carbonyl (C=O) groups is 3. The monoisotopic (exact) mass is 345 g/mol. The number of primary amides is 1. The van der Waals surface area contributed by atoms with Gasteiger partial charge in [0, 0.05) is 38.7 Å². The average molecular weight is 345 g/mol. The van der Waals surface area contributed by atoms with E-state index < -0.39 is 11.9 Å². The minimum atomic E-state index is -0.624. The van der Waals surface area contributed by atoms with Crippen LogP contribution < -0.4 is 10.6 Å². The first-order valence-corrected chi connectivity index (χ1v) is 8.50. The Kier molecular flexibility index (Phi) is 5.03. The van der Waals surface area contributed by atoms with Crippen LogP contribution in [0, 0.1) is 0 Å². The van der Waals surface area contributed by atoms with Crippen molar-refractivity contribution in [1.29, 1.82) is 0 Å². The zero-order chi connectivity index (χ0) is 18.0. The van der Waals surface area contributed by atoms with Crippen LogP contribution in [-0.2, 0) is 25.5 Å². The van der Waals surface area contributed by atoms with Crippen LogP contribution in [0.5, 0.6) is 0 Å². The van der Waals surface area contributed by atoms with Gasteiger partial charge >= 0.3 is 0 Å². The number of nitrogens with zero attached hydrogens (tertiary/aromatic N) is 2. The zero-order valence-corrected chi connectivity index (χ0v) is 14.3. The van der Waals surface area contributed by atoms with Gasteiger partial charge in [-0.3, -0.25) is 14.4 Å². The highest BCUT2D eigenvalue weighted by atomic mass is 16.5. The van der Waals surface area contributed by atoms with Crippen LogP contribution in [0.3, 0.4) is 0 Å². The van der Waals surface area contributed by atoms with Gasteiger partial charge in [-0.25, -0.2) is 0 Å². The third-order valence-corrected chi connectivity index (χ3v) is 4.90. The molecular formula is C18H23N3O4. The van der Waals surface area contributed by atoms with Crippen LogP contribution in [-0.4, -0.2) is 55.0 Å². The predicted molar refractivity (Wildman–Crippen MR) is 91.8 cm³/mol. The van der Waals surface area contributed by atoms with Crippen molar-refractivity contribution in [2.75, 3.05) is 25.1 Å². The van der Waals surface area contributed by atoms with Gasteiger partial charge in [-0.2, -0.15) is 0 Å². The molecular weight excluding hydrogens is 322 g/mol. The van der Waals surface area contributed by atoms with Crippen molar-refractivity contribution in [3.63, 3.8) is 0 Å². The van der Waals surface area contributed by atoms with Crippen molar-refractivity contribution in [2.45, 2.75) is 37.8 Å². The Balaban J connectivity index is 1.72. The largest absolute Gasteiger partial charge is 0.380 e. The van der Waals surface area contributed by atoms with Crippen molar-refractivity contribution in [3.8, 4) is 0 Å². The van der Waals surface area contributed by atoms with Crippen molar-refractivity contribution in [1.82, 2.24) is 4.90 Å². The summed E-state index contributed by atoms with van der Waals surface area (Å²) >= 11 is 0. The first kappa shape index (κ1) is 17.4. The molecule has 0 spiro atoms. The number of likely N-dealkylation sites (tertiary alicyclic amines) is 1. The molecule has 134 valence electrons. The SMILES string of the molecule is CO[C@H]1C[C@@H](C(N)=O)N(C(=O)Cc2cccc(N3CCCC3=O)c2)C1. The van der Waals surface area contributed by atoms with E-state index in [9.17, 15) is 14.4 Å². The van der Waals surface area contributed by atoms with Gasteiger partial charge in [0.1, 0.15) is 6.04 Å². The zero-order valence-electron chi connectivity index (χ0n) is 14.3. The highest BCUT2D eigenvalue weighted by Gasteiger charge is 2.38. The molecule has 2 saturated heterocycles. The first-order valence-electron chi connectivity index (χ1n) is 8.50. The molecule has 0 radical (unpaired) electrons. The number of nitrogens with two attached hydrogens (primary N) is 1. The molecule has 3 amide bonds. The first-order chi connectivity index (χ1) is 12.0. The number of amides is 3. The summed E-state index contributed by atoms with van der Waals surface area (Å²) in [6, 6.07) is 6.81. The van der Waals surface area contributed by atoms with Crippen molar-refractivity contribution in [2.24, 2.45) is 5.73 Å². The molecule has 0 bridgehead atoms. The molecule has 0 saturated carbocycles. The molecule has 0 aromatic heterocycles. The van der Waals surface area contributed by atoms with Gasteiger partial charge in [0.25, 0.3) is 0 Å². The van der Waals surface area contributed by atoms with Crippen LogP contribution in [0.2, 0.25) is 0 Å². The Morgan fingerprint density at radius 2 is 2.16 bits per heavy atom. The Morgan fingerprint density at radius 3 is 2.80 bits per heavy atom. The number of ether oxygens (including phenoxy) is 1. The smallest absolute Gasteiger partial charge is 0.240 e. The molecule has 1 aromatic rings. The highest BCUT2D eigenvalue weighted by Crippen LogP contribution is 2.24. The van der Waals surface area contributed by atoms with Crippen LogP contribution in [0.15, 0.2) is 24.3 Å². The maximum absolute atomic E-state index is 12.7. The second-order valence-corrected chi connectivity index (χ2v) is 6.55. The third-order valence-electron chi connectivity index (χ3n) is 4.90. The lowest BCUT2D eigenvalue weighted by molar-refractivity contribution is -0.136. The lowest BCUT2D eigenvalue weighted by Gasteiger charge is -2.22. The van der Waals surface area contributed by atoms with Gasteiger partial charge in [0.05, 0.1) is 12.5 Å². The summed E-state index contributed by atoms with van der Waals surface area (Å²) in [7, 11) is 1.56. The maximum Gasteiger partial charge on any atom is 0.240 e. The van der Waals surface area contributed by atoms with E-state index in [1.54, 1.807) is 12.0 Å². The van der Waals surface area contributed by atoms with Crippen LogP contribution >= 0.6 is 0 Å². The standard InChI is InChI=1S/C18H23N3O4/c1-25-14-10-15(18(19)24)21(11-14)17(23)9-12-4-2-5-13(8-12)20-7-3-6-16(20)22/h2,4-5,8,14-15H,3,6-7,9-11H2,1H3,(H2,19,24)/t14-,15-/m0/s1. The number of anilines is 1. The predicted octanol–water partition coefficient (Wildman–Crippen LogP) is 0.457. The summed E-state index contributed by atoms with van der Waals surface area (Å²) in [4.78, 5) is 39.4. The summed E-state index contributed by atoms with van der Waals surface area (Å²) in [5.41, 5.74) is 7.05. The normalized spacial score (nSPS) is 23.3. The molecule has 7 nitrogen and oxygen atoms in total. The van der Waals surface area contributed by atoms with E-state index in [2.05, 4.69) is 0 Å². The fourth-order valence-corrected chi connectivity index (χ4v) is 3.55. The van der Waals surface area contributed by atoms with Gasteiger partial charge in [0.2, 0.25) is 17.7 Å². The lowest BCUT2D eigenvalue weighted by Crippen LogP contribution is -2.44. The minimum Gasteiger partial charge on any atom is -0.380 e. The summed E-state index contributed by atoms with van der Waals surface area (Å²) < 4.78 is 5.27. The van der Waals surface area contributed by atoms with Crippen LogP contribution in [0.4, 0.5) is 5.69 Å². The highest BCUT2D eigenvalue weighted by molar-refractivity contribution is 5.95. The fourth-order valence-electron chi connectivity index (χ4n) is 3.55. The number of methoxy groups -OCH3 is 1. The molecule has 0 unspecified atom stereocenters. The Hall–Kier alpha value is -2.41. The Labute approximate surface area is 146 Å². The van der Waals surface area contributed by atoms with Crippen molar-refractivity contribution >= 4 is 23.4 Å². The number of hydrogen-bond donors (Lipinski definition) is 1. The van der Waals surface area contributed by atoms with Gasteiger partial charge < -0.3 is 20.3 Å². The van der Waals surface area contributed by atoms with E-state index in [0.29, 0.717) is 25.9 Å². The topological polar surface area (TPSA) is 92.9 Å². The van der Waals surface area contributed by atoms with Crippen molar-refractivity contribution < 1.29 is 19.1 Å². The lowest BCUT2D eigenvalue weighted by atomic mass is 10.1. The molecule has 0 aliphatic carbocycles. The van der Waals surface area contributed by atoms with E-state index in [0.717, 1.165) is 17.7 Å². The van der Waals surface area contributed by atoms with Gasteiger partial charge in [-0.15, -0.1) is 0 Å². The molecule has 7 heteroatoms. The van der Waals surface area contributed by atoms with Crippen LogP contribution in [0.25, 0.3) is 0 Å². The number of hydrogen-bond acceptors (Lipinski definition) is 4. The van der Waals surface area contributed by atoms with E-state index in [1.807, 2.05) is 24.3 Å². The third kappa shape index (κ3) is 3.66. The molecule has 25 heavy (non-hydrogen) atoms. The Morgan fingerprint density at radius 1 is 1.36 bits per heavy atom. The summed E-state index contributed by atoms with van der Waals surface area (Å²) in [6.45, 7) is 1.08. The van der Waals surface area contributed by atoms with Crippen molar-refractivity contribution in [3.05, 3.63) is 29.8 Å². The van der Waals surface area contributed by atoms with Gasteiger partial charge in [0.15, 0.2) is 0 Å². The molecule has 2 atom stereocenters. The molecule has 2 fully saturated rings. The summed E-state index contributed by atoms with van der Waals surface area (Å²) in [5, 5.41) is 0. The van der Waals surface area contributed by atoms with E-state index >= 15 is 0 Å². The van der Waals surface area contributed by atoms with E-state index in [-0.39, 0.29) is 24.3 Å². The van der Waals surface area contributed by atoms with Crippen LogP contribution in [0.1, 0.15) is 24.8 Å². The minimum absolute atomic E-state index is 0.111. The number of benzene rings is 1. The second-order valence-electron chi connectivity index (χ2n) is 6.55. The van der Waals surface area contributed by atoms with Gasteiger partial charge in [-0.1, -0.05) is 12.1 Å².